The second kappa shape index (κ2) is 13.7. The molecule has 6 heterocycles. The summed E-state index contributed by atoms with van der Waals surface area (Å²) in [6, 6.07) is 4.09. The molecule has 2 fully saturated rings. The normalized spacial score (nSPS) is 19.0. The standard InChI is InChI=1S/C28H19F6N7O2S.C7H12FN/c1-10(13-7-11(29)9-38-24(13)36)41-5-6-43-22-18-21(39-27(42-2)40-26(18)41)20(31)17(19(22)28(32,33)34)12-3-4-15(30)23-16(12)14(8-35)25(37)44-23;8-6-4-7-2-1-3-9(7)5-6/h3-4,7,9-10H,5-6,37H2,1-2H3,(H2,36,38);6-7H,1-5H2. The van der Waals surface area contributed by atoms with Crippen LogP contribution in [0.25, 0.3) is 32.1 Å². The van der Waals surface area contributed by atoms with Crippen LogP contribution >= 0.6 is 11.3 Å². The van der Waals surface area contributed by atoms with Crippen LogP contribution in [0.1, 0.15) is 48.9 Å². The third-order valence-electron chi connectivity index (χ3n) is 9.81. The minimum Gasteiger partial charge on any atom is -0.490 e. The average Bonchev–Trinajstić information content (AvgIpc) is 3.76. The Labute approximate surface area is 301 Å². The second-order valence-corrected chi connectivity index (χ2v) is 13.9. The number of pyridine rings is 1. The van der Waals surface area contributed by atoms with Gasteiger partial charge >= 0.3 is 12.2 Å². The molecule has 18 heteroatoms. The van der Waals surface area contributed by atoms with Crippen molar-refractivity contribution in [3.8, 4) is 29.0 Å². The summed E-state index contributed by atoms with van der Waals surface area (Å²) in [7, 11) is 1.18. The minimum absolute atomic E-state index is 0.0391. The maximum absolute atomic E-state index is 16.8. The van der Waals surface area contributed by atoms with E-state index in [4.69, 9.17) is 20.9 Å². The number of nitrogen functional groups attached to an aromatic ring is 2. The SMILES string of the molecule is COc1nc2c3c(c(C(F)(F)F)c(-c4ccc(F)c5sc(N)c(C#N)c45)c(F)c3n1)OCCN2C(C)c1cc(F)cnc1N.FC1CC2CCCN2C1. The van der Waals surface area contributed by atoms with E-state index in [2.05, 4.69) is 19.9 Å². The van der Waals surface area contributed by atoms with Crippen molar-refractivity contribution < 1.29 is 40.2 Å². The van der Waals surface area contributed by atoms with Gasteiger partial charge in [-0.15, -0.1) is 11.3 Å². The molecule has 3 aliphatic rings. The van der Waals surface area contributed by atoms with Gasteiger partial charge in [-0.2, -0.15) is 28.4 Å². The van der Waals surface area contributed by atoms with E-state index >= 15 is 17.6 Å². The Morgan fingerprint density at radius 2 is 1.91 bits per heavy atom. The molecule has 8 rings (SSSR count). The highest BCUT2D eigenvalue weighted by Gasteiger charge is 2.44. The van der Waals surface area contributed by atoms with E-state index in [1.165, 1.54) is 24.9 Å². The smallest absolute Gasteiger partial charge is 0.420 e. The van der Waals surface area contributed by atoms with Crippen molar-refractivity contribution >= 4 is 49.0 Å². The number of hydrogen-bond acceptors (Lipinski definition) is 11. The summed E-state index contributed by atoms with van der Waals surface area (Å²) in [6.07, 6.45) is -1.51. The topological polar surface area (TPSA) is 139 Å². The molecule has 10 nitrogen and oxygen atoms in total. The van der Waals surface area contributed by atoms with E-state index in [-0.39, 0.29) is 51.0 Å². The Hall–Kier alpha value is -5.15. The van der Waals surface area contributed by atoms with Crippen LogP contribution in [-0.2, 0) is 6.18 Å². The van der Waals surface area contributed by atoms with Crippen molar-refractivity contribution in [2.24, 2.45) is 0 Å². The number of methoxy groups -OCH3 is 1. The molecule has 3 aliphatic heterocycles. The maximum Gasteiger partial charge on any atom is 0.420 e. The first-order chi connectivity index (χ1) is 25.2. The lowest BCUT2D eigenvalue weighted by atomic mass is 9.91. The van der Waals surface area contributed by atoms with Gasteiger partial charge in [0.25, 0.3) is 0 Å². The van der Waals surface area contributed by atoms with Crippen LogP contribution < -0.4 is 25.8 Å². The zero-order valence-corrected chi connectivity index (χ0v) is 29.0. The summed E-state index contributed by atoms with van der Waals surface area (Å²) >= 11 is 0.649. The van der Waals surface area contributed by atoms with E-state index in [1.54, 1.807) is 13.0 Å². The number of alkyl halides is 4. The molecule has 0 bridgehead atoms. The van der Waals surface area contributed by atoms with Crippen LogP contribution in [-0.4, -0.2) is 65.4 Å². The summed E-state index contributed by atoms with van der Waals surface area (Å²) in [5, 5.41) is 8.86. The number of nitrogens with zero attached hydrogens (tertiary/aromatic N) is 6. The van der Waals surface area contributed by atoms with Gasteiger partial charge in [0.1, 0.15) is 63.9 Å². The molecule has 5 aromatic rings. The zero-order valence-electron chi connectivity index (χ0n) is 28.2. The van der Waals surface area contributed by atoms with Gasteiger partial charge in [-0.25, -0.2) is 22.5 Å². The molecule has 3 aromatic heterocycles. The molecule has 2 aromatic carbocycles. The highest BCUT2D eigenvalue weighted by atomic mass is 32.1. The molecule has 278 valence electrons. The van der Waals surface area contributed by atoms with E-state index in [1.807, 2.05) is 0 Å². The van der Waals surface area contributed by atoms with Gasteiger partial charge in [0.15, 0.2) is 5.82 Å². The number of rotatable bonds is 4. The van der Waals surface area contributed by atoms with Crippen molar-refractivity contribution in [2.45, 2.75) is 50.6 Å². The Balaban J connectivity index is 0.000000418. The number of fused-ring (bicyclic) bond motifs is 2. The van der Waals surface area contributed by atoms with Gasteiger partial charge in [0.05, 0.1) is 41.5 Å². The second-order valence-electron chi connectivity index (χ2n) is 12.9. The van der Waals surface area contributed by atoms with Crippen molar-refractivity contribution in [1.82, 2.24) is 19.9 Å². The van der Waals surface area contributed by atoms with Crippen molar-refractivity contribution in [3.63, 3.8) is 0 Å². The zero-order chi connectivity index (χ0) is 37.9. The number of ether oxygens (including phenoxy) is 2. The van der Waals surface area contributed by atoms with Gasteiger partial charge in [-0.05, 0) is 50.4 Å². The molecule has 3 unspecified atom stereocenters. The van der Waals surface area contributed by atoms with E-state index in [0.29, 0.717) is 23.9 Å². The van der Waals surface area contributed by atoms with Crippen LogP contribution in [0, 0.1) is 28.8 Å². The highest BCUT2D eigenvalue weighted by Crippen LogP contribution is 2.53. The number of hydrogen-bond donors (Lipinski definition) is 2. The first kappa shape index (κ1) is 36.2. The van der Waals surface area contributed by atoms with Gasteiger partial charge in [-0.3, -0.25) is 4.90 Å². The predicted molar refractivity (Wildman–Crippen MR) is 185 cm³/mol. The van der Waals surface area contributed by atoms with Crippen molar-refractivity contribution in [2.75, 3.05) is 49.7 Å². The molecular formula is C35H31F7N8O2S. The lowest BCUT2D eigenvalue weighted by molar-refractivity contribution is -0.138. The number of halogens is 7. The summed E-state index contributed by atoms with van der Waals surface area (Å²) in [4.78, 5) is 15.9. The molecule has 2 saturated heterocycles. The molecule has 0 spiro atoms. The molecular weight excluding hydrogens is 729 g/mol. The largest absolute Gasteiger partial charge is 0.490 e. The lowest BCUT2D eigenvalue weighted by Gasteiger charge is -2.30. The third-order valence-corrected chi connectivity index (χ3v) is 10.8. The third kappa shape index (κ3) is 6.24. The first-order valence-corrected chi connectivity index (χ1v) is 17.3. The van der Waals surface area contributed by atoms with Crippen molar-refractivity contribution in [1.29, 1.82) is 5.26 Å². The molecule has 0 aliphatic carbocycles. The monoisotopic (exact) mass is 760 g/mol. The van der Waals surface area contributed by atoms with Crippen molar-refractivity contribution in [3.05, 3.63) is 58.5 Å². The number of anilines is 3. The summed E-state index contributed by atoms with van der Waals surface area (Å²) < 4.78 is 114. The van der Waals surface area contributed by atoms with Gasteiger partial charge in [0, 0.05) is 29.1 Å². The highest BCUT2D eigenvalue weighted by molar-refractivity contribution is 7.23. The van der Waals surface area contributed by atoms with Crippen LogP contribution in [0.4, 0.5) is 47.4 Å². The number of nitrogens with two attached hydrogens (primary N) is 2. The van der Waals surface area contributed by atoms with Gasteiger partial charge < -0.3 is 25.8 Å². The molecule has 3 atom stereocenters. The average molecular weight is 761 g/mol. The fraction of sp³-hybridized carbons (Fsp3) is 0.371. The summed E-state index contributed by atoms with van der Waals surface area (Å²) in [5.74, 6) is -4.04. The van der Waals surface area contributed by atoms with Crippen LogP contribution in [0.2, 0.25) is 0 Å². The summed E-state index contributed by atoms with van der Waals surface area (Å²) in [5.41, 5.74) is 8.19. The lowest BCUT2D eigenvalue weighted by Crippen LogP contribution is -2.31. The fourth-order valence-electron chi connectivity index (χ4n) is 7.46. The Bertz CT molecular complexity index is 2280. The molecule has 0 saturated carbocycles. The molecule has 4 N–H and O–H groups in total. The molecule has 0 radical (unpaired) electrons. The first-order valence-electron chi connectivity index (χ1n) is 16.5. The quantitative estimate of drug-likeness (QED) is 0.177. The predicted octanol–water partition coefficient (Wildman–Crippen LogP) is 7.54. The molecule has 0 amide bonds. The van der Waals surface area contributed by atoms with E-state index in [9.17, 15) is 18.4 Å². The number of thiophene rings is 1. The molecule has 53 heavy (non-hydrogen) atoms. The Kier molecular flexibility index (Phi) is 9.35. The maximum atomic E-state index is 16.8. The van der Waals surface area contributed by atoms with Crippen LogP contribution in [0.15, 0.2) is 24.4 Å². The minimum atomic E-state index is -5.23. The van der Waals surface area contributed by atoms with E-state index < -0.39 is 75.2 Å². The number of aromatic nitrogens is 3. The van der Waals surface area contributed by atoms with Crippen LogP contribution in [0.5, 0.6) is 11.8 Å². The Morgan fingerprint density at radius 1 is 1.13 bits per heavy atom. The van der Waals surface area contributed by atoms with Gasteiger partial charge in [-0.1, -0.05) is 6.07 Å². The summed E-state index contributed by atoms with van der Waals surface area (Å²) in [6.45, 7) is 2.99. The van der Waals surface area contributed by atoms with Gasteiger partial charge in [0.2, 0.25) is 0 Å². The number of nitriles is 1. The number of benzene rings is 2. The fourth-order valence-corrected chi connectivity index (χ4v) is 8.41. The Morgan fingerprint density at radius 3 is 2.60 bits per heavy atom. The van der Waals surface area contributed by atoms with E-state index in [0.717, 1.165) is 37.4 Å². The van der Waals surface area contributed by atoms with Crippen LogP contribution in [0.3, 0.4) is 0 Å².